The summed E-state index contributed by atoms with van der Waals surface area (Å²) >= 11 is 0. The molecule has 0 saturated heterocycles. The highest BCUT2D eigenvalue weighted by atomic mass is 16.3. The standard InChI is InChI=1S/C10H18O2/c11-9-5-6-10(12)8-4-2-1-3-7(8)9/h7-12H,1-6H2/t7-,8+,9?,10?. The second-order valence-corrected chi connectivity index (χ2v) is 4.32. The molecule has 12 heavy (non-hydrogen) atoms. The van der Waals surface area contributed by atoms with Gasteiger partial charge in [-0.25, -0.2) is 0 Å². The molecule has 2 aliphatic rings. The lowest BCUT2D eigenvalue weighted by Gasteiger charge is -2.41. The Bertz CT molecular complexity index is 140. The molecule has 0 bridgehead atoms. The summed E-state index contributed by atoms with van der Waals surface area (Å²) in [6, 6.07) is 0. The highest BCUT2D eigenvalue weighted by molar-refractivity contribution is 4.89. The molecule has 70 valence electrons. The van der Waals surface area contributed by atoms with Crippen LogP contribution >= 0.6 is 0 Å². The molecule has 2 heteroatoms. The fraction of sp³-hybridized carbons (Fsp3) is 1.00. The highest BCUT2D eigenvalue weighted by Crippen LogP contribution is 2.40. The van der Waals surface area contributed by atoms with Crippen molar-refractivity contribution in [3.63, 3.8) is 0 Å². The third-order valence-corrected chi connectivity index (χ3v) is 3.62. The number of hydrogen-bond acceptors (Lipinski definition) is 2. The number of hydrogen-bond donors (Lipinski definition) is 2. The molecule has 0 heterocycles. The SMILES string of the molecule is OC1CCC(O)[C@@H]2CCCC[C@H]12. The highest BCUT2D eigenvalue weighted by Gasteiger charge is 2.38. The second-order valence-electron chi connectivity index (χ2n) is 4.32. The van der Waals surface area contributed by atoms with Gasteiger partial charge in [0.15, 0.2) is 0 Å². The first-order chi connectivity index (χ1) is 5.79. The summed E-state index contributed by atoms with van der Waals surface area (Å²) in [4.78, 5) is 0. The maximum absolute atomic E-state index is 9.71. The molecule has 2 aliphatic carbocycles. The van der Waals surface area contributed by atoms with E-state index >= 15 is 0 Å². The van der Waals surface area contributed by atoms with Gasteiger partial charge in [-0.15, -0.1) is 0 Å². The minimum Gasteiger partial charge on any atom is -0.393 e. The van der Waals surface area contributed by atoms with E-state index in [9.17, 15) is 10.2 Å². The number of rotatable bonds is 0. The molecule has 2 fully saturated rings. The summed E-state index contributed by atoms with van der Waals surface area (Å²) in [5.41, 5.74) is 0. The molecule has 2 rings (SSSR count). The largest absolute Gasteiger partial charge is 0.393 e. The van der Waals surface area contributed by atoms with E-state index in [1.54, 1.807) is 0 Å². The molecule has 0 aliphatic heterocycles. The zero-order valence-corrected chi connectivity index (χ0v) is 7.45. The fourth-order valence-corrected chi connectivity index (χ4v) is 2.91. The second kappa shape index (κ2) is 3.35. The third-order valence-electron chi connectivity index (χ3n) is 3.62. The summed E-state index contributed by atoms with van der Waals surface area (Å²) in [7, 11) is 0. The summed E-state index contributed by atoms with van der Waals surface area (Å²) in [6.07, 6.45) is 6.10. The van der Waals surface area contributed by atoms with Gasteiger partial charge < -0.3 is 10.2 Å². The van der Waals surface area contributed by atoms with E-state index in [0.717, 1.165) is 25.7 Å². The van der Waals surface area contributed by atoms with E-state index in [1.165, 1.54) is 12.8 Å². The first kappa shape index (κ1) is 8.52. The predicted molar refractivity (Wildman–Crippen MR) is 46.7 cm³/mol. The zero-order valence-electron chi connectivity index (χ0n) is 7.45. The van der Waals surface area contributed by atoms with Crippen LogP contribution in [0.15, 0.2) is 0 Å². The number of aliphatic hydroxyl groups is 2. The molecule has 0 amide bonds. The topological polar surface area (TPSA) is 40.5 Å². The van der Waals surface area contributed by atoms with Crippen LogP contribution in [0, 0.1) is 11.8 Å². The molecule has 0 spiro atoms. The van der Waals surface area contributed by atoms with Crippen LogP contribution in [0.2, 0.25) is 0 Å². The van der Waals surface area contributed by atoms with E-state index in [-0.39, 0.29) is 12.2 Å². The van der Waals surface area contributed by atoms with Gasteiger partial charge in [-0.2, -0.15) is 0 Å². The smallest absolute Gasteiger partial charge is 0.0573 e. The van der Waals surface area contributed by atoms with Gasteiger partial charge >= 0.3 is 0 Å². The first-order valence-corrected chi connectivity index (χ1v) is 5.15. The number of fused-ring (bicyclic) bond motifs is 1. The van der Waals surface area contributed by atoms with Gasteiger partial charge in [-0.05, 0) is 37.5 Å². The molecule has 2 unspecified atom stereocenters. The van der Waals surface area contributed by atoms with Crippen molar-refractivity contribution in [2.24, 2.45) is 11.8 Å². The average molecular weight is 170 g/mol. The summed E-state index contributed by atoms with van der Waals surface area (Å²) in [5, 5.41) is 19.4. The van der Waals surface area contributed by atoms with Crippen LogP contribution in [0.3, 0.4) is 0 Å². The van der Waals surface area contributed by atoms with Gasteiger partial charge in [0.25, 0.3) is 0 Å². The van der Waals surface area contributed by atoms with E-state index in [4.69, 9.17) is 0 Å². The van der Waals surface area contributed by atoms with Crippen LogP contribution in [0.1, 0.15) is 38.5 Å². The molecule has 0 radical (unpaired) electrons. The lowest BCUT2D eigenvalue weighted by atomic mass is 9.68. The Balaban J connectivity index is 2.05. The molecule has 2 saturated carbocycles. The Morgan fingerprint density at radius 3 is 1.50 bits per heavy atom. The molecule has 0 aromatic heterocycles. The van der Waals surface area contributed by atoms with Crippen molar-refractivity contribution in [1.82, 2.24) is 0 Å². The van der Waals surface area contributed by atoms with Gasteiger partial charge in [-0.1, -0.05) is 12.8 Å². The Hall–Kier alpha value is -0.0800. The Labute approximate surface area is 73.6 Å². The Morgan fingerprint density at radius 2 is 1.08 bits per heavy atom. The summed E-state index contributed by atoms with van der Waals surface area (Å²) in [5.74, 6) is 0.810. The monoisotopic (exact) mass is 170 g/mol. The van der Waals surface area contributed by atoms with Crippen LogP contribution < -0.4 is 0 Å². The van der Waals surface area contributed by atoms with Crippen molar-refractivity contribution in [3.05, 3.63) is 0 Å². The lowest BCUT2D eigenvalue weighted by Crippen LogP contribution is -2.42. The minimum atomic E-state index is -0.126. The maximum atomic E-state index is 9.71. The minimum absolute atomic E-state index is 0.126. The van der Waals surface area contributed by atoms with Crippen molar-refractivity contribution in [3.8, 4) is 0 Å². The Kier molecular flexibility index (Phi) is 2.37. The normalized spacial score (nSPS) is 48.5. The molecule has 0 aromatic carbocycles. The van der Waals surface area contributed by atoms with Crippen molar-refractivity contribution >= 4 is 0 Å². The Morgan fingerprint density at radius 1 is 0.667 bits per heavy atom. The van der Waals surface area contributed by atoms with E-state index in [0.29, 0.717) is 11.8 Å². The van der Waals surface area contributed by atoms with Gasteiger partial charge in [0.2, 0.25) is 0 Å². The fourth-order valence-electron chi connectivity index (χ4n) is 2.91. The van der Waals surface area contributed by atoms with Gasteiger partial charge in [0, 0.05) is 0 Å². The van der Waals surface area contributed by atoms with Gasteiger partial charge in [-0.3, -0.25) is 0 Å². The van der Waals surface area contributed by atoms with E-state index < -0.39 is 0 Å². The maximum Gasteiger partial charge on any atom is 0.0573 e. The molecular formula is C10H18O2. The lowest BCUT2D eigenvalue weighted by molar-refractivity contribution is -0.0608. The van der Waals surface area contributed by atoms with Crippen LogP contribution in [0.5, 0.6) is 0 Å². The summed E-state index contributed by atoms with van der Waals surface area (Å²) in [6.45, 7) is 0. The van der Waals surface area contributed by atoms with Gasteiger partial charge in [0.1, 0.15) is 0 Å². The first-order valence-electron chi connectivity index (χ1n) is 5.15. The van der Waals surface area contributed by atoms with Crippen LogP contribution in [0.4, 0.5) is 0 Å². The number of aliphatic hydroxyl groups excluding tert-OH is 2. The van der Waals surface area contributed by atoms with Crippen molar-refractivity contribution in [2.45, 2.75) is 50.7 Å². The van der Waals surface area contributed by atoms with Crippen molar-refractivity contribution < 1.29 is 10.2 Å². The van der Waals surface area contributed by atoms with Crippen LogP contribution in [0.25, 0.3) is 0 Å². The summed E-state index contributed by atoms with van der Waals surface area (Å²) < 4.78 is 0. The molecule has 0 aromatic rings. The quantitative estimate of drug-likeness (QED) is 0.575. The van der Waals surface area contributed by atoms with Gasteiger partial charge in [0.05, 0.1) is 12.2 Å². The molecule has 2 N–H and O–H groups in total. The van der Waals surface area contributed by atoms with Crippen LogP contribution in [-0.4, -0.2) is 22.4 Å². The van der Waals surface area contributed by atoms with E-state index in [2.05, 4.69) is 0 Å². The van der Waals surface area contributed by atoms with Crippen molar-refractivity contribution in [2.75, 3.05) is 0 Å². The van der Waals surface area contributed by atoms with E-state index in [1.807, 2.05) is 0 Å². The predicted octanol–water partition coefficient (Wildman–Crippen LogP) is 1.31. The molecule has 4 atom stereocenters. The zero-order chi connectivity index (χ0) is 8.55. The molecule has 2 nitrogen and oxygen atoms in total. The average Bonchev–Trinajstić information content (AvgIpc) is 2.12. The molecular weight excluding hydrogens is 152 g/mol. The van der Waals surface area contributed by atoms with Crippen LogP contribution in [-0.2, 0) is 0 Å². The van der Waals surface area contributed by atoms with Crippen molar-refractivity contribution in [1.29, 1.82) is 0 Å². The third kappa shape index (κ3) is 1.38.